The zero-order valence-corrected chi connectivity index (χ0v) is 23.8. The number of benzene rings is 3. The maximum atomic E-state index is 13.1. The molecular formula is C29H24ClN5O6S. The number of para-hydroxylation sites is 1. The van der Waals surface area contributed by atoms with Gasteiger partial charge in [-0.25, -0.2) is 4.99 Å². The first kappa shape index (κ1) is 27.6. The second-order valence-electron chi connectivity index (χ2n) is 9.43. The van der Waals surface area contributed by atoms with E-state index < -0.39 is 11.9 Å². The van der Waals surface area contributed by atoms with E-state index in [1.807, 2.05) is 30.3 Å². The molecule has 11 nitrogen and oxygen atoms in total. The van der Waals surface area contributed by atoms with Gasteiger partial charge in [-0.05, 0) is 48.0 Å². The molecule has 0 spiro atoms. The Hall–Kier alpha value is -4.55. The summed E-state index contributed by atoms with van der Waals surface area (Å²) in [5.74, 6) is 1.08. The first-order valence-corrected chi connectivity index (χ1v) is 14.3. The average Bonchev–Trinajstić information content (AvgIpc) is 3.59. The lowest BCUT2D eigenvalue weighted by molar-refractivity contribution is -0.126. The van der Waals surface area contributed by atoms with Crippen LogP contribution >= 0.6 is 23.4 Å². The van der Waals surface area contributed by atoms with Gasteiger partial charge in [0.1, 0.15) is 17.6 Å². The summed E-state index contributed by atoms with van der Waals surface area (Å²) in [6, 6.07) is 16.8. The summed E-state index contributed by atoms with van der Waals surface area (Å²) in [7, 11) is 1.51. The fourth-order valence-corrected chi connectivity index (χ4v) is 5.78. The number of thioether (sulfide) groups is 1. The molecule has 3 aromatic carbocycles. The van der Waals surface area contributed by atoms with Gasteiger partial charge in [0, 0.05) is 17.8 Å². The van der Waals surface area contributed by atoms with Gasteiger partial charge in [0.25, 0.3) is 5.91 Å². The van der Waals surface area contributed by atoms with Crippen molar-refractivity contribution in [2.24, 2.45) is 9.98 Å². The van der Waals surface area contributed by atoms with E-state index in [4.69, 9.17) is 30.8 Å². The summed E-state index contributed by atoms with van der Waals surface area (Å²) < 4.78 is 15.9. The third-order valence-electron chi connectivity index (χ3n) is 6.68. The van der Waals surface area contributed by atoms with E-state index in [-0.39, 0.29) is 37.3 Å². The van der Waals surface area contributed by atoms with E-state index in [0.29, 0.717) is 50.2 Å². The number of nitrogens with zero attached hydrogens (tertiary/aromatic N) is 3. The Morgan fingerprint density at radius 1 is 1.07 bits per heavy atom. The maximum absolute atomic E-state index is 13.1. The third kappa shape index (κ3) is 5.63. The lowest BCUT2D eigenvalue weighted by Crippen LogP contribution is -2.46. The molecule has 3 aromatic rings. The molecule has 3 aliphatic rings. The predicted molar refractivity (Wildman–Crippen MR) is 159 cm³/mol. The van der Waals surface area contributed by atoms with Crippen molar-refractivity contribution in [1.82, 2.24) is 10.2 Å². The van der Waals surface area contributed by atoms with Crippen LogP contribution in [-0.2, 0) is 20.9 Å². The minimum atomic E-state index is -0.903. The highest BCUT2D eigenvalue weighted by molar-refractivity contribution is 8.14. The molecule has 0 radical (unpaired) electrons. The molecule has 0 bridgehead atoms. The Morgan fingerprint density at radius 3 is 2.74 bits per heavy atom. The van der Waals surface area contributed by atoms with E-state index >= 15 is 0 Å². The number of methoxy groups -OCH3 is 1. The monoisotopic (exact) mass is 605 g/mol. The second-order valence-corrected chi connectivity index (χ2v) is 10.8. The summed E-state index contributed by atoms with van der Waals surface area (Å²) in [6.45, 7) is 0.411. The summed E-state index contributed by atoms with van der Waals surface area (Å²) in [5.41, 5.74) is 2.64. The number of rotatable bonds is 8. The Balaban J connectivity index is 1.15. The number of fused-ring (bicyclic) bond motifs is 4. The minimum absolute atomic E-state index is 0.00828. The molecule has 6 rings (SSSR count). The molecule has 0 fully saturated rings. The summed E-state index contributed by atoms with van der Waals surface area (Å²) in [4.78, 5) is 49.6. The van der Waals surface area contributed by atoms with Crippen molar-refractivity contribution in [3.63, 3.8) is 0 Å². The zero-order valence-electron chi connectivity index (χ0n) is 22.3. The molecule has 0 saturated carbocycles. The first-order chi connectivity index (χ1) is 20.4. The van der Waals surface area contributed by atoms with Gasteiger partial charge in [-0.15, -0.1) is 0 Å². The Kier molecular flexibility index (Phi) is 7.72. The molecule has 3 amide bonds. The smallest absolute Gasteiger partial charge is 0.271 e. The molecule has 214 valence electrons. The van der Waals surface area contributed by atoms with Crippen molar-refractivity contribution >= 4 is 63.5 Å². The van der Waals surface area contributed by atoms with Crippen LogP contribution in [0, 0.1) is 0 Å². The number of ether oxygens (including phenoxy) is 3. The van der Waals surface area contributed by atoms with Crippen molar-refractivity contribution < 1.29 is 28.6 Å². The van der Waals surface area contributed by atoms with Crippen molar-refractivity contribution in [2.75, 3.05) is 25.0 Å². The molecule has 3 aliphatic heterocycles. The molecule has 1 atom stereocenters. The molecule has 0 aliphatic carbocycles. The summed E-state index contributed by atoms with van der Waals surface area (Å²) in [6.07, 6.45) is -0.144. The number of amides is 3. The molecule has 0 aromatic heterocycles. The number of anilines is 1. The molecule has 0 saturated heterocycles. The quantitative estimate of drug-likeness (QED) is 0.392. The number of halogens is 1. The van der Waals surface area contributed by atoms with Crippen LogP contribution in [0.15, 0.2) is 70.6 Å². The molecule has 1 unspecified atom stereocenters. The van der Waals surface area contributed by atoms with Crippen molar-refractivity contribution in [3.8, 4) is 17.2 Å². The van der Waals surface area contributed by atoms with E-state index in [0.717, 1.165) is 17.3 Å². The van der Waals surface area contributed by atoms with E-state index in [1.54, 1.807) is 35.2 Å². The highest BCUT2D eigenvalue weighted by atomic mass is 35.5. The molecule has 13 heteroatoms. The van der Waals surface area contributed by atoms with Crippen LogP contribution in [0.5, 0.6) is 17.2 Å². The molecule has 3 heterocycles. The fourth-order valence-electron chi connectivity index (χ4n) is 4.67. The van der Waals surface area contributed by atoms with Gasteiger partial charge in [0.05, 0.1) is 30.0 Å². The number of carbonyl (C=O) groups excluding carboxylic acids is 3. The second kappa shape index (κ2) is 11.7. The normalized spacial score (nSPS) is 16.3. The van der Waals surface area contributed by atoms with Gasteiger partial charge in [-0.2, -0.15) is 4.99 Å². The van der Waals surface area contributed by atoms with Crippen LogP contribution in [0.4, 0.5) is 11.4 Å². The number of hydrogen-bond donors (Lipinski definition) is 2. The topological polar surface area (TPSA) is 131 Å². The Labute approximate surface area is 249 Å². The van der Waals surface area contributed by atoms with Crippen molar-refractivity contribution in [1.29, 1.82) is 0 Å². The summed E-state index contributed by atoms with van der Waals surface area (Å²) >= 11 is 7.32. The largest absolute Gasteiger partial charge is 0.495 e. The SMILES string of the molecule is COc1ccc(NC(=O)CSC2=Nc3ccccc3C3=NC(=O)C(CC(=O)NCc4ccc5c(c4)OCO5)N23)cc1Cl. The van der Waals surface area contributed by atoms with Crippen molar-refractivity contribution in [2.45, 2.75) is 19.0 Å². The van der Waals surface area contributed by atoms with E-state index in [2.05, 4.69) is 15.6 Å². The van der Waals surface area contributed by atoms with Crippen LogP contribution in [0.25, 0.3) is 0 Å². The predicted octanol–water partition coefficient (Wildman–Crippen LogP) is 4.11. The van der Waals surface area contributed by atoms with Crippen LogP contribution in [0.2, 0.25) is 5.02 Å². The number of aliphatic imine (C=N–C) groups is 2. The number of amidine groups is 2. The fraction of sp³-hybridized carbons (Fsp3) is 0.207. The van der Waals surface area contributed by atoms with Gasteiger partial charge >= 0.3 is 0 Å². The number of hydrogen-bond acceptors (Lipinski definition) is 9. The molecule has 42 heavy (non-hydrogen) atoms. The van der Waals surface area contributed by atoms with Gasteiger partial charge in [-0.3, -0.25) is 19.3 Å². The highest BCUT2D eigenvalue weighted by Gasteiger charge is 2.42. The van der Waals surface area contributed by atoms with Gasteiger partial charge in [0.2, 0.25) is 18.6 Å². The zero-order chi connectivity index (χ0) is 29.2. The Bertz CT molecular complexity index is 1660. The van der Waals surface area contributed by atoms with Crippen LogP contribution in [0.3, 0.4) is 0 Å². The third-order valence-corrected chi connectivity index (χ3v) is 7.93. The number of nitrogens with one attached hydrogen (secondary N) is 2. The highest BCUT2D eigenvalue weighted by Crippen LogP contribution is 2.35. The van der Waals surface area contributed by atoms with E-state index in [1.165, 1.54) is 7.11 Å². The van der Waals surface area contributed by atoms with Gasteiger partial charge < -0.3 is 24.8 Å². The standard InChI is InChI=1S/C29H24ClN5O6S/c1-39-22-9-7-17(11-19(22)30)32-26(37)14-42-29-33-20-5-3-2-4-18(20)27-34-28(38)21(35(27)29)12-25(36)31-13-16-6-8-23-24(10-16)41-15-40-23/h2-11,21H,12-15H2,1H3,(H,31,36)(H,32,37). The maximum Gasteiger partial charge on any atom is 0.271 e. The van der Waals surface area contributed by atoms with E-state index in [9.17, 15) is 14.4 Å². The minimum Gasteiger partial charge on any atom is -0.495 e. The van der Waals surface area contributed by atoms with Crippen LogP contribution in [0.1, 0.15) is 17.5 Å². The van der Waals surface area contributed by atoms with Gasteiger partial charge in [-0.1, -0.05) is 41.6 Å². The molecular weight excluding hydrogens is 582 g/mol. The number of carbonyl (C=O) groups is 3. The van der Waals surface area contributed by atoms with Crippen LogP contribution in [-0.4, -0.2) is 59.3 Å². The summed E-state index contributed by atoms with van der Waals surface area (Å²) in [5, 5.41) is 6.43. The average molecular weight is 606 g/mol. The molecule has 2 N–H and O–H groups in total. The lowest BCUT2D eigenvalue weighted by atomic mass is 10.1. The van der Waals surface area contributed by atoms with Gasteiger partial charge in [0.15, 0.2) is 16.7 Å². The van der Waals surface area contributed by atoms with Crippen molar-refractivity contribution in [3.05, 3.63) is 76.8 Å². The lowest BCUT2D eigenvalue weighted by Gasteiger charge is -2.30. The Morgan fingerprint density at radius 2 is 1.90 bits per heavy atom. The van der Waals surface area contributed by atoms with Crippen LogP contribution < -0.4 is 24.8 Å². The first-order valence-electron chi connectivity index (χ1n) is 12.9.